The van der Waals surface area contributed by atoms with Crippen LogP contribution in [0.15, 0.2) is 0 Å². The third kappa shape index (κ3) is 0.930. The summed E-state index contributed by atoms with van der Waals surface area (Å²) in [6.07, 6.45) is 0. The van der Waals surface area contributed by atoms with Gasteiger partial charge in [0.25, 0.3) is 0 Å². The molecule has 0 saturated carbocycles. The van der Waals surface area contributed by atoms with E-state index in [4.69, 9.17) is 33.4 Å². The van der Waals surface area contributed by atoms with Crippen molar-refractivity contribution in [3.05, 3.63) is 10.0 Å². The molecule has 1 rings (SSSR count). The fourth-order valence-corrected chi connectivity index (χ4v) is 0.703. The highest BCUT2D eigenvalue weighted by Gasteiger charge is 2.11. The molecular weight excluding hydrogens is 165 g/mol. The Kier molecular flexibility index (Phi) is 1.47. The maximum Gasteiger partial charge on any atom is 0.212 e. The third-order valence-electron chi connectivity index (χ3n) is 0.845. The maximum atomic E-state index is 8.69. The molecule has 0 amide bonds. The zero-order valence-corrected chi connectivity index (χ0v) is 5.66. The smallest absolute Gasteiger partial charge is 0.212 e. The molecule has 0 atom stereocenters. The highest BCUT2D eigenvalue weighted by atomic mass is 35.5. The van der Waals surface area contributed by atoms with Gasteiger partial charge in [-0.3, -0.25) is 4.98 Å². The van der Waals surface area contributed by atoms with E-state index in [-0.39, 0.29) is 21.8 Å². The number of halogens is 2. The second-order valence-electron chi connectivity index (χ2n) is 1.45. The van der Waals surface area contributed by atoms with Gasteiger partial charge in [-0.1, -0.05) is 23.2 Å². The van der Waals surface area contributed by atoms with E-state index in [2.05, 4.69) is 4.98 Å². The summed E-state index contributed by atoms with van der Waals surface area (Å²) in [5, 5.41) is 17.3. The summed E-state index contributed by atoms with van der Waals surface area (Å²) in [5.41, 5.74) is 0. The summed E-state index contributed by atoms with van der Waals surface area (Å²) < 4.78 is 0. The Bertz CT molecular complexity index is 210. The Labute approximate surface area is 60.8 Å². The zero-order valence-electron chi connectivity index (χ0n) is 4.15. The number of nitrogens with one attached hydrogen (secondary N) is 1. The molecule has 1 heterocycles. The van der Waals surface area contributed by atoms with Crippen LogP contribution in [0.2, 0.25) is 10.0 Å². The Morgan fingerprint density at radius 3 is 1.44 bits per heavy atom. The van der Waals surface area contributed by atoms with Gasteiger partial charge in [-0.25, -0.2) is 0 Å². The van der Waals surface area contributed by atoms with Crippen LogP contribution in [0.1, 0.15) is 0 Å². The van der Waals surface area contributed by atoms with Crippen LogP contribution in [0.4, 0.5) is 0 Å². The quantitative estimate of drug-likeness (QED) is 0.552. The van der Waals surface area contributed by atoms with Gasteiger partial charge in [0.2, 0.25) is 11.8 Å². The van der Waals surface area contributed by atoms with Gasteiger partial charge in [-0.15, -0.1) is 0 Å². The fraction of sp³-hybridized carbons (Fsp3) is 0. The molecule has 0 unspecified atom stereocenters. The van der Waals surface area contributed by atoms with Crippen molar-refractivity contribution in [1.29, 1.82) is 0 Å². The van der Waals surface area contributed by atoms with Gasteiger partial charge in [0.05, 0.1) is 0 Å². The molecule has 0 aliphatic heterocycles. The Balaban J connectivity index is 3.29. The molecule has 0 aliphatic carbocycles. The number of hydrogen-bond acceptors (Lipinski definition) is 2. The van der Waals surface area contributed by atoms with E-state index in [9.17, 15) is 0 Å². The summed E-state index contributed by atoms with van der Waals surface area (Å²) in [7, 11) is 0. The number of hydrogen-bond donors (Lipinski definition) is 3. The number of rotatable bonds is 0. The molecule has 0 saturated heterocycles. The number of aromatic nitrogens is 1. The molecule has 5 heteroatoms. The molecule has 0 radical (unpaired) electrons. The lowest BCUT2D eigenvalue weighted by molar-refractivity contribution is 0.425. The fourth-order valence-electron chi connectivity index (χ4n) is 0.430. The average Bonchev–Trinajstić information content (AvgIpc) is 1.98. The predicted molar refractivity (Wildman–Crippen MR) is 34.1 cm³/mol. The normalized spacial score (nSPS) is 10.0. The second kappa shape index (κ2) is 2.01. The predicted octanol–water partition coefficient (Wildman–Crippen LogP) is 1.73. The molecule has 0 bridgehead atoms. The first-order valence-electron chi connectivity index (χ1n) is 2.08. The van der Waals surface area contributed by atoms with Crippen LogP contribution in [-0.2, 0) is 0 Å². The first kappa shape index (κ1) is 6.58. The van der Waals surface area contributed by atoms with Crippen molar-refractivity contribution in [2.45, 2.75) is 0 Å². The van der Waals surface area contributed by atoms with Gasteiger partial charge in [0.15, 0.2) is 0 Å². The van der Waals surface area contributed by atoms with Crippen molar-refractivity contribution in [3.8, 4) is 11.8 Å². The van der Waals surface area contributed by atoms with Crippen molar-refractivity contribution in [1.82, 2.24) is 4.98 Å². The van der Waals surface area contributed by atoms with E-state index in [1.54, 1.807) is 0 Å². The lowest BCUT2D eigenvalue weighted by atomic mass is 10.6. The van der Waals surface area contributed by atoms with Crippen molar-refractivity contribution in [2.75, 3.05) is 0 Å². The van der Waals surface area contributed by atoms with E-state index in [0.29, 0.717) is 0 Å². The van der Waals surface area contributed by atoms with Crippen LogP contribution >= 0.6 is 23.2 Å². The summed E-state index contributed by atoms with van der Waals surface area (Å²) >= 11 is 10.7. The maximum absolute atomic E-state index is 8.69. The van der Waals surface area contributed by atoms with Crippen LogP contribution in [-0.4, -0.2) is 15.2 Å². The molecule has 1 aromatic rings. The molecule has 3 nitrogen and oxygen atoms in total. The molecule has 0 aromatic carbocycles. The number of aromatic hydroxyl groups is 2. The lowest BCUT2D eigenvalue weighted by Crippen LogP contribution is -1.58. The third-order valence-corrected chi connectivity index (χ3v) is 1.68. The van der Waals surface area contributed by atoms with Crippen molar-refractivity contribution >= 4 is 23.2 Å². The first-order chi connectivity index (χ1) is 4.13. The van der Waals surface area contributed by atoms with Crippen LogP contribution in [0, 0.1) is 0 Å². The second-order valence-corrected chi connectivity index (χ2v) is 2.21. The molecule has 0 fully saturated rings. The van der Waals surface area contributed by atoms with Crippen molar-refractivity contribution < 1.29 is 10.2 Å². The van der Waals surface area contributed by atoms with Gasteiger partial charge in [-0.2, -0.15) is 0 Å². The van der Waals surface area contributed by atoms with E-state index >= 15 is 0 Å². The minimum Gasteiger partial charge on any atom is -0.493 e. The van der Waals surface area contributed by atoms with Gasteiger partial charge in [0.1, 0.15) is 10.0 Å². The van der Waals surface area contributed by atoms with Gasteiger partial charge in [-0.05, 0) is 0 Å². The molecular formula is C4H3Cl2NO2. The Hall–Kier alpha value is -0.540. The molecule has 0 aliphatic rings. The molecule has 1 aromatic heterocycles. The minimum atomic E-state index is -0.320. The SMILES string of the molecule is Oc1[nH]c(O)c(Cl)c1Cl. The van der Waals surface area contributed by atoms with Gasteiger partial charge in [0, 0.05) is 0 Å². The van der Waals surface area contributed by atoms with E-state index in [1.165, 1.54) is 0 Å². The van der Waals surface area contributed by atoms with E-state index < -0.39 is 0 Å². The monoisotopic (exact) mass is 167 g/mol. The first-order valence-corrected chi connectivity index (χ1v) is 2.83. The summed E-state index contributed by atoms with van der Waals surface area (Å²) in [6.45, 7) is 0. The zero-order chi connectivity index (χ0) is 7.02. The molecule has 50 valence electrons. The topological polar surface area (TPSA) is 56.2 Å². The van der Waals surface area contributed by atoms with E-state index in [1.807, 2.05) is 0 Å². The Morgan fingerprint density at radius 1 is 1.00 bits per heavy atom. The summed E-state index contributed by atoms with van der Waals surface area (Å²) in [4.78, 5) is 2.12. The van der Waals surface area contributed by atoms with Gasteiger partial charge >= 0.3 is 0 Å². The van der Waals surface area contributed by atoms with Crippen LogP contribution in [0.5, 0.6) is 11.8 Å². The number of H-pyrrole nitrogens is 1. The van der Waals surface area contributed by atoms with Crippen molar-refractivity contribution in [3.63, 3.8) is 0 Å². The Morgan fingerprint density at radius 2 is 1.33 bits per heavy atom. The molecule has 3 N–H and O–H groups in total. The van der Waals surface area contributed by atoms with Crippen LogP contribution in [0.3, 0.4) is 0 Å². The summed E-state index contributed by atoms with van der Waals surface area (Å²) in [6, 6.07) is 0. The van der Waals surface area contributed by atoms with E-state index in [0.717, 1.165) is 0 Å². The van der Waals surface area contributed by atoms with Crippen LogP contribution < -0.4 is 0 Å². The minimum absolute atomic E-state index is 0.0610. The lowest BCUT2D eigenvalue weighted by Gasteiger charge is -1.80. The number of aromatic amines is 1. The molecule has 0 spiro atoms. The highest BCUT2D eigenvalue weighted by molar-refractivity contribution is 6.43. The highest BCUT2D eigenvalue weighted by Crippen LogP contribution is 2.37. The molecule has 9 heavy (non-hydrogen) atoms. The van der Waals surface area contributed by atoms with Crippen molar-refractivity contribution in [2.24, 2.45) is 0 Å². The standard InChI is InChI=1S/C4H3Cl2NO2/c5-1-2(6)4(9)7-3(1)8/h7-9H. The average molecular weight is 168 g/mol. The van der Waals surface area contributed by atoms with Crippen LogP contribution in [0.25, 0.3) is 0 Å². The largest absolute Gasteiger partial charge is 0.493 e. The van der Waals surface area contributed by atoms with Gasteiger partial charge < -0.3 is 10.2 Å². The summed E-state index contributed by atoms with van der Waals surface area (Å²) in [5.74, 6) is -0.640.